The zero-order valence-corrected chi connectivity index (χ0v) is 11.8. The van der Waals surface area contributed by atoms with Crippen LogP contribution in [0.25, 0.3) is 0 Å². The Labute approximate surface area is 119 Å². The quantitative estimate of drug-likeness (QED) is 0.930. The molecule has 2 unspecified atom stereocenters. The van der Waals surface area contributed by atoms with Gasteiger partial charge in [0.25, 0.3) is 0 Å². The highest BCUT2D eigenvalue weighted by molar-refractivity contribution is 9.10. The topological polar surface area (TPSA) is 57.6 Å². The molecule has 5 heteroatoms. The minimum absolute atomic E-state index is 0.0279. The third-order valence-corrected chi connectivity index (χ3v) is 4.30. The minimum Gasteiger partial charge on any atom is -0.481 e. The summed E-state index contributed by atoms with van der Waals surface area (Å²) in [5, 5.41) is 9.36. The van der Waals surface area contributed by atoms with Crippen LogP contribution in [0.1, 0.15) is 30.9 Å². The first kappa shape index (κ1) is 12.7. The van der Waals surface area contributed by atoms with E-state index in [-0.39, 0.29) is 24.4 Å². The van der Waals surface area contributed by atoms with E-state index < -0.39 is 11.9 Å². The van der Waals surface area contributed by atoms with Crippen LogP contribution >= 0.6 is 15.9 Å². The summed E-state index contributed by atoms with van der Waals surface area (Å²) in [6.45, 7) is 0. The summed E-state index contributed by atoms with van der Waals surface area (Å²) < 4.78 is 0.907. The Morgan fingerprint density at radius 1 is 1.37 bits per heavy atom. The molecule has 3 rings (SSSR count). The number of hydrogen-bond acceptors (Lipinski definition) is 2. The van der Waals surface area contributed by atoms with Gasteiger partial charge in [-0.3, -0.25) is 9.59 Å². The lowest BCUT2D eigenvalue weighted by Gasteiger charge is -2.27. The van der Waals surface area contributed by atoms with Gasteiger partial charge in [0.15, 0.2) is 0 Å². The van der Waals surface area contributed by atoms with Crippen molar-refractivity contribution in [1.82, 2.24) is 4.90 Å². The van der Waals surface area contributed by atoms with Crippen LogP contribution in [0.3, 0.4) is 0 Å². The van der Waals surface area contributed by atoms with E-state index in [4.69, 9.17) is 0 Å². The van der Waals surface area contributed by atoms with Crippen molar-refractivity contribution in [3.8, 4) is 0 Å². The van der Waals surface area contributed by atoms with Crippen LogP contribution in [0.2, 0.25) is 0 Å². The van der Waals surface area contributed by atoms with Gasteiger partial charge in [0.1, 0.15) is 0 Å². The molecule has 2 aliphatic rings. The smallest absolute Gasteiger partial charge is 0.309 e. The second-order valence-corrected chi connectivity index (χ2v) is 6.10. The van der Waals surface area contributed by atoms with Gasteiger partial charge in [-0.05, 0) is 30.5 Å². The van der Waals surface area contributed by atoms with Gasteiger partial charge in [0.2, 0.25) is 5.91 Å². The summed E-state index contributed by atoms with van der Waals surface area (Å²) in [6, 6.07) is 7.51. The Morgan fingerprint density at radius 3 is 2.68 bits per heavy atom. The van der Waals surface area contributed by atoms with Gasteiger partial charge in [-0.1, -0.05) is 28.1 Å². The molecule has 1 heterocycles. The second-order valence-electron chi connectivity index (χ2n) is 5.18. The number of carboxylic acids is 1. The Bertz CT molecular complexity index is 541. The molecule has 1 aliphatic carbocycles. The maximum atomic E-state index is 12.1. The summed E-state index contributed by atoms with van der Waals surface area (Å²) in [6.07, 6.45) is 2.09. The molecule has 100 valence electrons. The first-order valence-electron chi connectivity index (χ1n) is 6.37. The van der Waals surface area contributed by atoms with Gasteiger partial charge >= 0.3 is 5.97 Å². The lowest BCUT2D eigenvalue weighted by atomic mass is 9.94. The standard InChI is InChI=1S/C14H14BrNO3/c15-9-3-1-2-8(6-9)13-11(14(18)19)7-12(17)16(13)10-4-5-10/h1-3,6,10-11,13H,4-5,7H2,(H,18,19). The van der Waals surface area contributed by atoms with E-state index in [0.29, 0.717) is 0 Å². The maximum Gasteiger partial charge on any atom is 0.309 e. The average molecular weight is 324 g/mol. The summed E-state index contributed by atoms with van der Waals surface area (Å²) in [5.74, 6) is -1.55. The van der Waals surface area contributed by atoms with Crippen molar-refractivity contribution in [2.45, 2.75) is 31.3 Å². The molecule has 1 aromatic rings. The maximum absolute atomic E-state index is 12.1. The number of amides is 1. The van der Waals surface area contributed by atoms with E-state index in [1.54, 1.807) is 4.90 Å². The first-order valence-corrected chi connectivity index (χ1v) is 7.16. The van der Waals surface area contributed by atoms with Crippen molar-refractivity contribution < 1.29 is 14.7 Å². The van der Waals surface area contributed by atoms with Crippen LogP contribution in [0, 0.1) is 5.92 Å². The first-order chi connectivity index (χ1) is 9.08. The molecular weight excluding hydrogens is 310 g/mol. The third kappa shape index (κ3) is 2.27. The molecule has 2 fully saturated rings. The molecule has 0 radical (unpaired) electrons. The predicted molar refractivity (Wildman–Crippen MR) is 72.5 cm³/mol. The summed E-state index contributed by atoms with van der Waals surface area (Å²) in [4.78, 5) is 25.3. The number of benzene rings is 1. The fraction of sp³-hybridized carbons (Fsp3) is 0.429. The van der Waals surface area contributed by atoms with E-state index in [9.17, 15) is 14.7 Å². The molecular formula is C14H14BrNO3. The molecule has 19 heavy (non-hydrogen) atoms. The number of hydrogen-bond donors (Lipinski definition) is 1. The molecule has 0 bridgehead atoms. The van der Waals surface area contributed by atoms with E-state index in [1.807, 2.05) is 24.3 Å². The molecule has 0 spiro atoms. The van der Waals surface area contributed by atoms with Crippen molar-refractivity contribution in [1.29, 1.82) is 0 Å². The van der Waals surface area contributed by atoms with Gasteiger partial charge in [-0.2, -0.15) is 0 Å². The molecule has 0 aromatic heterocycles. The van der Waals surface area contributed by atoms with Gasteiger partial charge in [0, 0.05) is 16.9 Å². The number of carbonyl (C=O) groups excluding carboxylic acids is 1. The van der Waals surface area contributed by atoms with Gasteiger partial charge in [0.05, 0.1) is 12.0 Å². The Morgan fingerprint density at radius 2 is 2.11 bits per heavy atom. The highest BCUT2D eigenvalue weighted by Crippen LogP contribution is 2.45. The summed E-state index contributed by atoms with van der Waals surface area (Å²) in [7, 11) is 0. The number of rotatable bonds is 3. The fourth-order valence-electron chi connectivity index (χ4n) is 2.84. The highest BCUT2D eigenvalue weighted by atomic mass is 79.9. The lowest BCUT2D eigenvalue weighted by molar-refractivity contribution is -0.142. The largest absolute Gasteiger partial charge is 0.481 e. The van der Waals surface area contributed by atoms with E-state index >= 15 is 0 Å². The predicted octanol–water partition coefficient (Wildman–Crippen LogP) is 2.59. The lowest BCUT2D eigenvalue weighted by Crippen LogP contribution is -2.32. The molecule has 4 nitrogen and oxygen atoms in total. The van der Waals surface area contributed by atoms with Crippen LogP contribution in [0.5, 0.6) is 0 Å². The van der Waals surface area contributed by atoms with Crippen LogP contribution < -0.4 is 0 Å². The van der Waals surface area contributed by atoms with Crippen molar-refractivity contribution in [2.75, 3.05) is 0 Å². The number of halogens is 1. The molecule has 2 atom stereocenters. The Balaban J connectivity index is 2.01. The second kappa shape index (κ2) is 4.63. The number of carboxylic acid groups (broad SMARTS) is 1. The molecule has 1 saturated carbocycles. The summed E-state index contributed by atoms with van der Waals surface area (Å²) >= 11 is 3.40. The van der Waals surface area contributed by atoms with E-state index in [2.05, 4.69) is 15.9 Å². The monoisotopic (exact) mass is 323 g/mol. The van der Waals surface area contributed by atoms with Gasteiger partial charge < -0.3 is 10.0 Å². The van der Waals surface area contributed by atoms with E-state index in [0.717, 1.165) is 22.9 Å². The van der Waals surface area contributed by atoms with E-state index in [1.165, 1.54) is 0 Å². The Kier molecular flexibility index (Phi) is 3.09. The Hall–Kier alpha value is -1.36. The molecule has 1 amide bonds. The molecule has 1 aromatic carbocycles. The van der Waals surface area contributed by atoms with Crippen LogP contribution in [-0.2, 0) is 9.59 Å². The van der Waals surface area contributed by atoms with Crippen LogP contribution in [-0.4, -0.2) is 27.9 Å². The number of nitrogens with zero attached hydrogens (tertiary/aromatic N) is 1. The van der Waals surface area contributed by atoms with Crippen molar-refractivity contribution >= 4 is 27.8 Å². The normalized spacial score (nSPS) is 26.8. The SMILES string of the molecule is O=C(O)C1CC(=O)N(C2CC2)C1c1cccc(Br)c1. The number of carbonyl (C=O) groups is 2. The van der Waals surface area contributed by atoms with Crippen LogP contribution in [0.4, 0.5) is 0 Å². The minimum atomic E-state index is -0.888. The van der Waals surface area contributed by atoms with Crippen molar-refractivity contribution in [2.24, 2.45) is 5.92 Å². The fourth-order valence-corrected chi connectivity index (χ4v) is 3.26. The third-order valence-electron chi connectivity index (χ3n) is 3.81. The van der Waals surface area contributed by atoms with Crippen LogP contribution in [0.15, 0.2) is 28.7 Å². The molecule has 1 N–H and O–H groups in total. The summed E-state index contributed by atoms with van der Waals surface area (Å²) in [5.41, 5.74) is 0.902. The number of aliphatic carboxylic acids is 1. The van der Waals surface area contributed by atoms with Gasteiger partial charge in [-0.15, -0.1) is 0 Å². The zero-order valence-electron chi connectivity index (χ0n) is 10.3. The van der Waals surface area contributed by atoms with Crippen molar-refractivity contribution in [3.63, 3.8) is 0 Å². The highest BCUT2D eigenvalue weighted by Gasteiger charge is 2.49. The molecule has 1 aliphatic heterocycles. The molecule has 1 saturated heterocycles. The zero-order chi connectivity index (χ0) is 13.6. The van der Waals surface area contributed by atoms with Crippen molar-refractivity contribution in [3.05, 3.63) is 34.3 Å². The van der Waals surface area contributed by atoms with Gasteiger partial charge in [-0.25, -0.2) is 0 Å². The average Bonchev–Trinajstić information content (AvgIpc) is 3.12. The number of likely N-dealkylation sites (tertiary alicyclic amines) is 1.